The van der Waals surface area contributed by atoms with Crippen molar-refractivity contribution in [1.29, 1.82) is 0 Å². The normalized spacial score (nSPS) is 17.0. The average Bonchev–Trinajstić information content (AvgIpc) is 2.76. The average molecular weight is 233 g/mol. The van der Waals surface area contributed by atoms with Crippen LogP contribution in [0.25, 0.3) is 10.2 Å². The standard InChI is InChI=1S/C11H11N3OS/c15-8-2-1-4-14(6-8)10-9-3-5-16-11(9)13-7-12-10/h3,5,7H,1-2,4,6H2. The number of anilines is 1. The third-order valence-corrected chi connectivity index (χ3v) is 3.61. The second-order valence-electron chi connectivity index (χ2n) is 3.90. The number of hydrogen-bond acceptors (Lipinski definition) is 5. The molecule has 3 heterocycles. The molecule has 1 aliphatic heterocycles. The number of piperidine rings is 1. The zero-order valence-corrected chi connectivity index (χ0v) is 9.54. The monoisotopic (exact) mass is 233 g/mol. The summed E-state index contributed by atoms with van der Waals surface area (Å²) in [5.41, 5.74) is 0. The van der Waals surface area contributed by atoms with E-state index in [1.165, 1.54) is 0 Å². The molecule has 2 aromatic heterocycles. The summed E-state index contributed by atoms with van der Waals surface area (Å²) < 4.78 is 0. The lowest BCUT2D eigenvalue weighted by molar-refractivity contribution is -0.118. The zero-order chi connectivity index (χ0) is 11.0. The lowest BCUT2D eigenvalue weighted by Crippen LogP contribution is -2.36. The molecular weight excluding hydrogens is 222 g/mol. The SMILES string of the molecule is O=C1CCCN(c2ncnc3sccc23)C1. The minimum atomic E-state index is 0.299. The number of fused-ring (bicyclic) bond motifs is 1. The minimum absolute atomic E-state index is 0.299. The Morgan fingerprint density at radius 2 is 2.31 bits per heavy atom. The van der Waals surface area contributed by atoms with E-state index in [2.05, 4.69) is 14.9 Å². The quantitative estimate of drug-likeness (QED) is 0.754. The summed E-state index contributed by atoms with van der Waals surface area (Å²) in [5.74, 6) is 1.20. The molecule has 0 amide bonds. The van der Waals surface area contributed by atoms with Gasteiger partial charge in [0.1, 0.15) is 17.0 Å². The number of carbonyl (C=O) groups is 1. The fraction of sp³-hybridized carbons (Fsp3) is 0.364. The molecule has 0 atom stereocenters. The van der Waals surface area contributed by atoms with E-state index in [1.807, 2.05) is 11.4 Å². The zero-order valence-electron chi connectivity index (χ0n) is 8.72. The summed E-state index contributed by atoms with van der Waals surface area (Å²) in [4.78, 5) is 23.0. The molecule has 0 unspecified atom stereocenters. The third-order valence-electron chi connectivity index (χ3n) is 2.79. The lowest BCUT2D eigenvalue weighted by Gasteiger charge is -2.27. The lowest BCUT2D eigenvalue weighted by atomic mass is 10.1. The van der Waals surface area contributed by atoms with Crippen LogP contribution in [0.15, 0.2) is 17.8 Å². The van der Waals surface area contributed by atoms with Crippen LogP contribution in [-0.2, 0) is 4.79 Å². The van der Waals surface area contributed by atoms with Crippen molar-refractivity contribution in [1.82, 2.24) is 9.97 Å². The van der Waals surface area contributed by atoms with Gasteiger partial charge in [0.25, 0.3) is 0 Å². The van der Waals surface area contributed by atoms with E-state index in [0.717, 1.165) is 29.0 Å². The van der Waals surface area contributed by atoms with Crippen LogP contribution in [0.1, 0.15) is 12.8 Å². The summed E-state index contributed by atoms with van der Waals surface area (Å²) in [6.45, 7) is 1.40. The van der Waals surface area contributed by atoms with Gasteiger partial charge in [0.15, 0.2) is 5.78 Å². The minimum Gasteiger partial charge on any atom is -0.349 e. The van der Waals surface area contributed by atoms with Crippen LogP contribution in [0.5, 0.6) is 0 Å². The Kier molecular flexibility index (Phi) is 2.32. The molecule has 0 bridgehead atoms. The fourth-order valence-corrected chi connectivity index (χ4v) is 2.78. The molecule has 1 aliphatic rings. The molecule has 5 heteroatoms. The van der Waals surface area contributed by atoms with Gasteiger partial charge in [-0.05, 0) is 17.9 Å². The Labute approximate surface area is 96.9 Å². The van der Waals surface area contributed by atoms with E-state index in [0.29, 0.717) is 18.7 Å². The van der Waals surface area contributed by atoms with Crippen molar-refractivity contribution in [2.45, 2.75) is 12.8 Å². The molecule has 0 aliphatic carbocycles. The molecule has 0 spiro atoms. The largest absolute Gasteiger partial charge is 0.349 e. The van der Waals surface area contributed by atoms with Crippen LogP contribution >= 0.6 is 11.3 Å². The Morgan fingerprint density at radius 3 is 3.19 bits per heavy atom. The molecule has 0 radical (unpaired) electrons. The van der Waals surface area contributed by atoms with Crippen molar-refractivity contribution < 1.29 is 4.79 Å². The summed E-state index contributed by atoms with van der Waals surface area (Å²) in [7, 11) is 0. The molecule has 4 nitrogen and oxygen atoms in total. The number of aromatic nitrogens is 2. The van der Waals surface area contributed by atoms with E-state index in [4.69, 9.17) is 0 Å². The number of thiophene rings is 1. The number of hydrogen-bond donors (Lipinski definition) is 0. The van der Waals surface area contributed by atoms with Crippen molar-refractivity contribution in [3.63, 3.8) is 0 Å². The highest BCUT2D eigenvalue weighted by atomic mass is 32.1. The first-order valence-electron chi connectivity index (χ1n) is 5.29. The molecule has 82 valence electrons. The highest BCUT2D eigenvalue weighted by molar-refractivity contribution is 7.16. The molecule has 3 rings (SSSR count). The summed E-state index contributed by atoms with van der Waals surface area (Å²) in [6.07, 6.45) is 3.20. The molecular formula is C11H11N3OS. The Morgan fingerprint density at radius 1 is 1.38 bits per heavy atom. The van der Waals surface area contributed by atoms with Crippen molar-refractivity contribution >= 4 is 33.2 Å². The van der Waals surface area contributed by atoms with Crippen LogP contribution < -0.4 is 4.90 Å². The van der Waals surface area contributed by atoms with Crippen molar-refractivity contribution in [2.24, 2.45) is 0 Å². The maximum Gasteiger partial charge on any atom is 0.152 e. The van der Waals surface area contributed by atoms with Gasteiger partial charge >= 0.3 is 0 Å². The van der Waals surface area contributed by atoms with Gasteiger partial charge in [-0.15, -0.1) is 11.3 Å². The first kappa shape index (κ1) is 9.72. The van der Waals surface area contributed by atoms with Crippen molar-refractivity contribution in [3.05, 3.63) is 17.8 Å². The number of rotatable bonds is 1. The number of carbonyl (C=O) groups excluding carboxylic acids is 1. The molecule has 0 N–H and O–H groups in total. The molecule has 0 aromatic carbocycles. The van der Waals surface area contributed by atoms with Gasteiger partial charge in [0.2, 0.25) is 0 Å². The predicted molar refractivity (Wildman–Crippen MR) is 63.9 cm³/mol. The summed E-state index contributed by atoms with van der Waals surface area (Å²) >= 11 is 1.60. The van der Waals surface area contributed by atoms with E-state index < -0.39 is 0 Å². The van der Waals surface area contributed by atoms with E-state index in [1.54, 1.807) is 17.7 Å². The summed E-state index contributed by atoms with van der Waals surface area (Å²) in [6, 6.07) is 2.02. The van der Waals surface area contributed by atoms with E-state index in [9.17, 15) is 4.79 Å². The highest BCUT2D eigenvalue weighted by Gasteiger charge is 2.20. The van der Waals surface area contributed by atoms with Gasteiger partial charge in [0, 0.05) is 13.0 Å². The van der Waals surface area contributed by atoms with Crippen LogP contribution in [-0.4, -0.2) is 28.8 Å². The van der Waals surface area contributed by atoms with E-state index >= 15 is 0 Å². The Bertz CT molecular complexity index is 537. The smallest absolute Gasteiger partial charge is 0.152 e. The first-order valence-corrected chi connectivity index (χ1v) is 6.17. The number of ketones is 1. The van der Waals surface area contributed by atoms with Crippen LogP contribution in [0.2, 0.25) is 0 Å². The Hall–Kier alpha value is -1.49. The van der Waals surface area contributed by atoms with Crippen molar-refractivity contribution in [2.75, 3.05) is 18.0 Å². The van der Waals surface area contributed by atoms with Crippen LogP contribution in [0, 0.1) is 0 Å². The van der Waals surface area contributed by atoms with Gasteiger partial charge in [-0.1, -0.05) is 0 Å². The van der Waals surface area contributed by atoms with Crippen LogP contribution in [0.3, 0.4) is 0 Å². The number of Topliss-reactive ketones (excluding diaryl/α,β-unsaturated/α-hetero) is 1. The molecule has 2 aromatic rings. The van der Waals surface area contributed by atoms with Gasteiger partial charge in [-0.25, -0.2) is 9.97 Å². The third kappa shape index (κ3) is 1.57. The molecule has 16 heavy (non-hydrogen) atoms. The highest BCUT2D eigenvalue weighted by Crippen LogP contribution is 2.27. The predicted octanol–water partition coefficient (Wildman–Crippen LogP) is 1.86. The van der Waals surface area contributed by atoms with Gasteiger partial charge < -0.3 is 4.90 Å². The molecule has 0 saturated carbocycles. The molecule has 1 fully saturated rings. The Balaban J connectivity index is 2.04. The van der Waals surface area contributed by atoms with Crippen molar-refractivity contribution in [3.8, 4) is 0 Å². The fourth-order valence-electron chi connectivity index (χ4n) is 2.05. The van der Waals surface area contributed by atoms with Gasteiger partial charge in [-0.2, -0.15) is 0 Å². The van der Waals surface area contributed by atoms with Gasteiger partial charge in [0.05, 0.1) is 11.9 Å². The topological polar surface area (TPSA) is 46.1 Å². The maximum atomic E-state index is 11.4. The van der Waals surface area contributed by atoms with Crippen LogP contribution in [0.4, 0.5) is 5.82 Å². The second kappa shape index (κ2) is 3.83. The second-order valence-corrected chi connectivity index (χ2v) is 4.80. The number of nitrogens with zero attached hydrogens (tertiary/aromatic N) is 3. The molecule has 1 saturated heterocycles. The first-order chi connectivity index (χ1) is 7.84. The van der Waals surface area contributed by atoms with E-state index in [-0.39, 0.29) is 0 Å². The summed E-state index contributed by atoms with van der Waals surface area (Å²) in [5, 5.41) is 3.07. The van der Waals surface area contributed by atoms with Gasteiger partial charge in [-0.3, -0.25) is 4.79 Å². The maximum absolute atomic E-state index is 11.4.